The lowest BCUT2D eigenvalue weighted by Gasteiger charge is -2.23. The third-order valence-electron chi connectivity index (χ3n) is 3.73. The molecule has 6 heteroatoms. The Labute approximate surface area is 121 Å². The molecule has 21 heavy (non-hydrogen) atoms. The van der Waals surface area contributed by atoms with Crippen LogP contribution >= 0.6 is 0 Å². The Hall–Kier alpha value is -2.37. The molecule has 2 aromatic rings. The minimum Gasteiger partial charge on any atom is -0.398 e. The average molecular weight is 289 g/mol. The zero-order valence-corrected chi connectivity index (χ0v) is 11.7. The van der Waals surface area contributed by atoms with E-state index in [1.54, 1.807) is 4.90 Å². The summed E-state index contributed by atoms with van der Waals surface area (Å²) in [6, 6.07) is 5.49. The van der Waals surface area contributed by atoms with Gasteiger partial charge in [-0.15, -0.1) is 0 Å². The highest BCUT2D eigenvalue weighted by Crippen LogP contribution is 2.34. The van der Waals surface area contributed by atoms with Crippen molar-refractivity contribution in [1.82, 2.24) is 10.1 Å². The molecule has 0 aliphatic carbocycles. The maximum Gasteiger partial charge on any atom is 0.256 e. The molecule has 0 radical (unpaired) electrons. The number of halogens is 1. The number of carbonyl (C=O) groups excluding carboxylic acids is 1. The lowest BCUT2D eigenvalue weighted by atomic mass is 10.1. The minimum absolute atomic E-state index is 0.165. The normalized spacial score (nSPS) is 18.2. The summed E-state index contributed by atoms with van der Waals surface area (Å²) in [6.07, 6.45) is 1.67. The SMILES string of the molecule is Cc1cc(C2CCCN2C(=O)c2cc(F)ccc2N)on1. The molecule has 110 valence electrons. The molecular formula is C15H16FN3O2. The average Bonchev–Trinajstić information content (AvgIpc) is 3.09. The van der Waals surface area contributed by atoms with Crippen molar-refractivity contribution in [1.29, 1.82) is 0 Å². The van der Waals surface area contributed by atoms with Crippen LogP contribution in [0.15, 0.2) is 28.8 Å². The first-order chi connectivity index (χ1) is 10.1. The molecule has 5 nitrogen and oxygen atoms in total. The Kier molecular flexibility index (Phi) is 3.37. The molecule has 1 atom stereocenters. The van der Waals surface area contributed by atoms with Gasteiger partial charge in [0, 0.05) is 18.3 Å². The first-order valence-corrected chi connectivity index (χ1v) is 6.85. The van der Waals surface area contributed by atoms with Crippen LogP contribution in [0.25, 0.3) is 0 Å². The predicted molar refractivity (Wildman–Crippen MR) is 75.1 cm³/mol. The Bertz CT molecular complexity index is 683. The number of likely N-dealkylation sites (tertiary alicyclic amines) is 1. The van der Waals surface area contributed by atoms with Gasteiger partial charge in [-0.2, -0.15) is 0 Å². The third-order valence-corrected chi connectivity index (χ3v) is 3.73. The maximum atomic E-state index is 13.4. The molecule has 1 aliphatic heterocycles. The molecule has 0 saturated carbocycles. The number of hydrogen-bond acceptors (Lipinski definition) is 4. The quantitative estimate of drug-likeness (QED) is 0.863. The van der Waals surface area contributed by atoms with Crippen LogP contribution in [-0.2, 0) is 0 Å². The standard InChI is InChI=1S/C15H16FN3O2/c1-9-7-14(21-18-9)13-3-2-6-19(13)15(20)11-8-10(16)4-5-12(11)17/h4-5,7-8,13H,2-3,6,17H2,1H3. The highest BCUT2D eigenvalue weighted by atomic mass is 19.1. The van der Waals surface area contributed by atoms with Crippen LogP contribution in [0.3, 0.4) is 0 Å². The van der Waals surface area contributed by atoms with E-state index in [4.69, 9.17) is 10.3 Å². The number of rotatable bonds is 2. The first kappa shape index (κ1) is 13.6. The number of aromatic nitrogens is 1. The predicted octanol–water partition coefficient (Wildman–Crippen LogP) is 2.68. The van der Waals surface area contributed by atoms with Gasteiger partial charge in [0.2, 0.25) is 0 Å². The van der Waals surface area contributed by atoms with Crippen LogP contribution in [0, 0.1) is 12.7 Å². The molecule has 1 amide bonds. The largest absolute Gasteiger partial charge is 0.398 e. The van der Waals surface area contributed by atoms with Gasteiger partial charge in [0.05, 0.1) is 17.3 Å². The Morgan fingerprint density at radius 1 is 1.48 bits per heavy atom. The van der Waals surface area contributed by atoms with E-state index in [-0.39, 0.29) is 23.2 Å². The van der Waals surface area contributed by atoms with E-state index in [2.05, 4.69) is 5.16 Å². The minimum atomic E-state index is -0.473. The molecule has 3 rings (SSSR count). The molecule has 0 spiro atoms. The summed E-state index contributed by atoms with van der Waals surface area (Å²) in [5.74, 6) is -0.0873. The fraction of sp³-hybridized carbons (Fsp3) is 0.333. The van der Waals surface area contributed by atoms with Gasteiger partial charge in [-0.05, 0) is 38.0 Å². The molecule has 0 bridgehead atoms. The zero-order valence-electron chi connectivity index (χ0n) is 11.7. The Morgan fingerprint density at radius 2 is 2.29 bits per heavy atom. The number of anilines is 1. The smallest absolute Gasteiger partial charge is 0.256 e. The summed E-state index contributed by atoms with van der Waals surface area (Å²) in [5, 5.41) is 3.86. The van der Waals surface area contributed by atoms with Crippen molar-refractivity contribution in [2.24, 2.45) is 0 Å². The van der Waals surface area contributed by atoms with E-state index in [1.807, 2.05) is 13.0 Å². The Balaban J connectivity index is 1.91. The van der Waals surface area contributed by atoms with Crippen LogP contribution in [0.4, 0.5) is 10.1 Å². The summed E-state index contributed by atoms with van der Waals surface area (Å²) < 4.78 is 18.6. The van der Waals surface area contributed by atoms with Gasteiger partial charge in [0.15, 0.2) is 5.76 Å². The second-order valence-corrected chi connectivity index (χ2v) is 5.26. The van der Waals surface area contributed by atoms with E-state index in [0.29, 0.717) is 12.3 Å². The van der Waals surface area contributed by atoms with Crippen LogP contribution in [0.2, 0.25) is 0 Å². The van der Waals surface area contributed by atoms with Gasteiger partial charge in [-0.25, -0.2) is 4.39 Å². The van der Waals surface area contributed by atoms with E-state index < -0.39 is 5.82 Å². The second kappa shape index (κ2) is 5.20. The van der Waals surface area contributed by atoms with Crippen molar-refractivity contribution in [3.63, 3.8) is 0 Å². The second-order valence-electron chi connectivity index (χ2n) is 5.26. The van der Waals surface area contributed by atoms with Crippen molar-refractivity contribution < 1.29 is 13.7 Å². The lowest BCUT2D eigenvalue weighted by Crippen LogP contribution is -2.31. The van der Waals surface area contributed by atoms with Gasteiger partial charge in [-0.1, -0.05) is 5.16 Å². The summed E-state index contributed by atoms with van der Waals surface area (Å²) in [4.78, 5) is 14.3. The van der Waals surface area contributed by atoms with E-state index in [9.17, 15) is 9.18 Å². The van der Waals surface area contributed by atoms with Crippen LogP contribution in [0.1, 0.15) is 40.7 Å². The monoisotopic (exact) mass is 289 g/mol. The third kappa shape index (κ3) is 2.49. The number of benzene rings is 1. The molecule has 1 fully saturated rings. The molecule has 1 aromatic carbocycles. The summed E-state index contributed by atoms with van der Waals surface area (Å²) in [7, 11) is 0. The number of amides is 1. The van der Waals surface area contributed by atoms with Gasteiger partial charge in [0.25, 0.3) is 5.91 Å². The van der Waals surface area contributed by atoms with E-state index in [1.165, 1.54) is 18.2 Å². The number of nitrogens with two attached hydrogens (primary N) is 1. The molecule has 1 saturated heterocycles. The van der Waals surface area contributed by atoms with E-state index in [0.717, 1.165) is 18.5 Å². The first-order valence-electron chi connectivity index (χ1n) is 6.85. The summed E-state index contributed by atoms with van der Waals surface area (Å²) >= 11 is 0. The van der Waals surface area contributed by atoms with Gasteiger partial charge < -0.3 is 15.2 Å². The van der Waals surface area contributed by atoms with E-state index >= 15 is 0 Å². The van der Waals surface area contributed by atoms with Gasteiger partial charge in [-0.3, -0.25) is 4.79 Å². The van der Waals surface area contributed by atoms with Crippen molar-refractivity contribution in [3.8, 4) is 0 Å². The number of carbonyl (C=O) groups is 1. The van der Waals surface area contributed by atoms with Crippen LogP contribution in [0.5, 0.6) is 0 Å². The van der Waals surface area contributed by atoms with Gasteiger partial charge in [0.1, 0.15) is 5.82 Å². The number of aryl methyl sites for hydroxylation is 1. The summed E-state index contributed by atoms with van der Waals surface area (Å²) in [6.45, 7) is 2.43. The van der Waals surface area contributed by atoms with Crippen molar-refractivity contribution in [2.45, 2.75) is 25.8 Å². The van der Waals surface area contributed by atoms with Crippen molar-refractivity contribution >= 4 is 11.6 Å². The molecule has 1 unspecified atom stereocenters. The topological polar surface area (TPSA) is 72.4 Å². The van der Waals surface area contributed by atoms with Gasteiger partial charge >= 0.3 is 0 Å². The Morgan fingerprint density at radius 3 is 3.00 bits per heavy atom. The van der Waals surface area contributed by atoms with Crippen LogP contribution in [-0.4, -0.2) is 22.5 Å². The highest BCUT2D eigenvalue weighted by Gasteiger charge is 2.33. The van der Waals surface area contributed by atoms with Crippen molar-refractivity contribution in [3.05, 3.63) is 47.1 Å². The molecule has 1 aliphatic rings. The number of hydrogen-bond donors (Lipinski definition) is 1. The fourth-order valence-electron chi connectivity index (χ4n) is 2.71. The van der Waals surface area contributed by atoms with Crippen molar-refractivity contribution in [2.75, 3.05) is 12.3 Å². The number of nitrogens with zero attached hydrogens (tertiary/aromatic N) is 2. The molecule has 2 N–H and O–H groups in total. The zero-order chi connectivity index (χ0) is 15.0. The lowest BCUT2D eigenvalue weighted by molar-refractivity contribution is 0.0715. The molecular weight excluding hydrogens is 273 g/mol. The van der Waals surface area contributed by atoms with Crippen LogP contribution < -0.4 is 5.73 Å². The fourth-order valence-corrected chi connectivity index (χ4v) is 2.71. The number of nitrogen functional groups attached to an aromatic ring is 1. The summed E-state index contributed by atoms with van der Waals surface area (Å²) in [5.41, 5.74) is 7.04. The maximum absolute atomic E-state index is 13.4. The molecule has 2 heterocycles. The highest BCUT2D eigenvalue weighted by molar-refractivity contribution is 5.99. The molecule has 1 aromatic heterocycles.